The fraction of sp³-hybridized carbons (Fsp3) is 0.625. The van der Waals surface area contributed by atoms with Crippen LogP contribution in [0.2, 0.25) is 0 Å². The van der Waals surface area contributed by atoms with Crippen LogP contribution >= 0.6 is 0 Å². The first-order valence-electron chi connectivity index (χ1n) is 7.05. The van der Waals surface area contributed by atoms with Gasteiger partial charge in [-0.3, -0.25) is 0 Å². The largest absolute Gasteiger partial charge is 0.378 e. The highest BCUT2D eigenvalue weighted by molar-refractivity contribution is 5.37. The van der Waals surface area contributed by atoms with Gasteiger partial charge in [0.15, 0.2) is 0 Å². The second-order valence-electron chi connectivity index (χ2n) is 5.71. The molecule has 0 bridgehead atoms. The average molecular weight is 263 g/mol. The van der Waals surface area contributed by atoms with Gasteiger partial charge in [-0.1, -0.05) is 17.7 Å². The second kappa shape index (κ2) is 6.04. The Kier molecular flexibility index (Phi) is 4.61. The van der Waals surface area contributed by atoms with Gasteiger partial charge in [-0.25, -0.2) is 0 Å². The first-order chi connectivity index (χ1) is 9.06. The van der Waals surface area contributed by atoms with Crippen LogP contribution in [0.3, 0.4) is 0 Å². The number of nitrogens with two attached hydrogens (primary N) is 1. The van der Waals surface area contributed by atoms with Crippen LogP contribution in [0.1, 0.15) is 35.1 Å². The number of rotatable bonds is 4. The summed E-state index contributed by atoms with van der Waals surface area (Å²) in [5.74, 6) is 0. The predicted molar refractivity (Wildman–Crippen MR) is 77.3 cm³/mol. The van der Waals surface area contributed by atoms with Crippen LogP contribution in [0.5, 0.6) is 0 Å². The van der Waals surface area contributed by atoms with Crippen molar-refractivity contribution in [1.29, 1.82) is 0 Å². The van der Waals surface area contributed by atoms with E-state index in [1.807, 2.05) is 0 Å². The minimum absolute atomic E-state index is 0.290. The molecule has 1 atom stereocenters. The Morgan fingerprint density at radius 2 is 1.95 bits per heavy atom. The van der Waals surface area contributed by atoms with Crippen molar-refractivity contribution in [3.8, 4) is 0 Å². The van der Waals surface area contributed by atoms with E-state index >= 15 is 0 Å². The third kappa shape index (κ3) is 3.35. The lowest BCUT2D eigenvalue weighted by Crippen LogP contribution is -2.47. The van der Waals surface area contributed by atoms with Crippen molar-refractivity contribution in [1.82, 2.24) is 0 Å². The highest BCUT2D eigenvalue weighted by atomic mass is 16.5. The molecule has 3 nitrogen and oxygen atoms in total. The van der Waals surface area contributed by atoms with Crippen LogP contribution in [0.25, 0.3) is 0 Å². The Balaban J connectivity index is 2.09. The summed E-state index contributed by atoms with van der Waals surface area (Å²) in [6.07, 6.45) is 2.02. The molecule has 1 aromatic carbocycles. The lowest BCUT2D eigenvalue weighted by Gasteiger charge is -2.36. The van der Waals surface area contributed by atoms with Crippen molar-refractivity contribution in [2.75, 3.05) is 19.8 Å². The molecule has 1 heterocycles. The first kappa shape index (κ1) is 14.5. The fourth-order valence-corrected chi connectivity index (χ4v) is 2.82. The standard InChI is InChI=1S/C16H25NO2/c1-12-7-13(2)15(14(3)8-12)9-19-16(10-17)5-4-6-18-11-16/h7-8H,4-6,9-11,17H2,1-3H3. The predicted octanol–water partition coefficient (Wildman–Crippen LogP) is 2.64. The van der Waals surface area contributed by atoms with Gasteiger partial charge < -0.3 is 15.2 Å². The van der Waals surface area contributed by atoms with E-state index in [2.05, 4.69) is 32.9 Å². The van der Waals surface area contributed by atoms with Gasteiger partial charge in [0.1, 0.15) is 5.60 Å². The molecule has 1 aliphatic heterocycles. The van der Waals surface area contributed by atoms with Gasteiger partial charge in [-0.15, -0.1) is 0 Å². The van der Waals surface area contributed by atoms with E-state index < -0.39 is 0 Å². The van der Waals surface area contributed by atoms with Gasteiger partial charge >= 0.3 is 0 Å². The molecular formula is C16H25NO2. The van der Waals surface area contributed by atoms with E-state index in [1.165, 1.54) is 22.3 Å². The highest BCUT2D eigenvalue weighted by Crippen LogP contribution is 2.26. The Labute approximate surface area is 116 Å². The first-order valence-corrected chi connectivity index (χ1v) is 7.05. The van der Waals surface area contributed by atoms with E-state index in [4.69, 9.17) is 15.2 Å². The van der Waals surface area contributed by atoms with E-state index in [0.717, 1.165) is 19.4 Å². The highest BCUT2D eigenvalue weighted by Gasteiger charge is 2.32. The summed E-state index contributed by atoms with van der Waals surface area (Å²) in [7, 11) is 0. The Bertz CT molecular complexity index is 413. The van der Waals surface area contributed by atoms with Gasteiger partial charge in [0.25, 0.3) is 0 Å². The zero-order valence-electron chi connectivity index (χ0n) is 12.3. The molecule has 0 radical (unpaired) electrons. The number of benzene rings is 1. The average Bonchev–Trinajstić information content (AvgIpc) is 2.38. The molecule has 1 fully saturated rings. The van der Waals surface area contributed by atoms with E-state index in [-0.39, 0.29) is 5.60 Å². The fourth-order valence-electron chi connectivity index (χ4n) is 2.82. The molecule has 19 heavy (non-hydrogen) atoms. The summed E-state index contributed by atoms with van der Waals surface area (Å²) in [5.41, 5.74) is 10.8. The molecule has 1 aliphatic rings. The van der Waals surface area contributed by atoms with Crippen LogP contribution in [0.15, 0.2) is 12.1 Å². The molecule has 0 aliphatic carbocycles. The number of hydrogen-bond acceptors (Lipinski definition) is 3. The maximum Gasteiger partial charge on any atom is 0.104 e. The zero-order valence-corrected chi connectivity index (χ0v) is 12.3. The molecule has 1 unspecified atom stereocenters. The van der Waals surface area contributed by atoms with Crippen molar-refractivity contribution in [2.24, 2.45) is 5.73 Å². The molecule has 0 amide bonds. The lowest BCUT2D eigenvalue weighted by atomic mass is 9.95. The Hall–Kier alpha value is -0.900. The maximum atomic E-state index is 6.16. The summed E-state index contributed by atoms with van der Waals surface area (Å²) in [5, 5.41) is 0. The van der Waals surface area contributed by atoms with Gasteiger partial charge in [-0.05, 0) is 50.3 Å². The lowest BCUT2D eigenvalue weighted by molar-refractivity contribution is -0.130. The van der Waals surface area contributed by atoms with Crippen LogP contribution in [0, 0.1) is 20.8 Å². The van der Waals surface area contributed by atoms with E-state index in [0.29, 0.717) is 19.8 Å². The number of ether oxygens (including phenoxy) is 2. The van der Waals surface area contributed by atoms with Crippen molar-refractivity contribution in [2.45, 2.75) is 45.8 Å². The zero-order chi connectivity index (χ0) is 13.9. The van der Waals surface area contributed by atoms with Gasteiger partial charge in [0.2, 0.25) is 0 Å². The van der Waals surface area contributed by atoms with E-state index in [9.17, 15) is 0 Å². The Morgan fingerprint density at radius 1 is 1.26 bits per heavy atom. The molecule has 0 spiro atoms. The summed E-state index contributed by atoms with van der Waals surface area (Å²) in [4.78, 5) is 0. The molecule has 106 valence electrons. The number of hydrogen-bond donors (Lipinski definition) is 1. The van der Waals surface area contributed by atoms with Crippen LogP contribution in [-0.4, -0.2) is 25.4 Å². The van der Waals surface area contributed by atoms with E-state index in [1.54, 1.807) is 0 Å². The normalized spacial score (nSPS) is 23.6. The third-order valence-corrected chi connectivity index (χ3v) is 4.02. The SMILES string of the molecule is Cc1cc(C)c(COC2(CN)CCCOC2)c(C)c1. The van der Waals surface area contributed by atoms with Crippen LogP contribution in [-0.2, 0) is 16.1 Å². The van der Waals surface area contributed by atoms with Crippen molar-refractivity contribution >= 4 is 0 Å². The third-order valence-electron chi connectivity index (χ3n) is 4.02. The summed E-state index contributed by atoms with van der Waals surface area (Å²) < 4.78 is 11.7. The Morgan fingerprint density at radius 3 is 2.47 bits per heavy atom. The topological polar surface area (TPSA) is 44.5 Å². The number of aryl methyl sites for hydroxylation is 3. The summed E-state index contributed by atoms with van der Waals surface area (Å²) in [6, 6.07) is 4.41. The summed E-state index contributed by atoms with van der Waals surface area (Å²) >= 11 is 0. The van der Waals surface area contributed by atoms with Crippen LogP contribution < -0.4 is 5.73 Å². The van der Waals surface area contributed by atoms with Crippen molar-refractivity contribution in [3.05, 3.63) is 34.4 Å². The minimum atomic E-state index is -0.290. The molecular weight excluding hydrogens is 238 g/mol. The molecule has 1 saturated heterocycles. The quantitative estimate of drug-likeness (QED) is 0.908. The second-order valence-corrected chi connectivity index (χ2v) is 5.71. The van der Waals surface area contributed by atoms with Crippen molar-refractivity contribution < 1.29 is 9.47 Å². The van der Waals surface area contributed by atoms with Crippen molar-refractivity contribution in [3.63, 3.8) is 0 Å². The van der Waals surface area contributed by atoms with Gasteiger partial charge in [-0.2, -0.15) is 0 Å². The monoisotopic (exact) mass is 263 g/mol. The maximum absolute atomic E-state index is 6.16. The molecule has 0 saturated carbocycles. The smallest absolute Gasteiger partial charge is 0.104 e. The minimum Gasteiger partial charge on any atom is -0.378 e. The molecule has 1 aromatic rings. The molecule has 2 N–H and O–H groups in total. The molecule has 0 aromatic heterocycles. The van der Waals surface area contributed by atoms with Crippen LogP contribution in [0.4, 0.5) is 0 Å². The molecule has 2 rings (SSSR count). The molecule has 3 heteroatoms. The van der Waals surface area contributed by atoms with Gasteiger partial charge in [0.05, 0.1) is 13.2 Å². The summed E-state index contributed by atoms with van der Waals surface area (Å²) in [6.45, 7) is 9.01. The van der Waals surface area contributed by atoms with Gasteiger partial charge in [0, 0.05) is 13.2 Å².